The molecule has 3 amide bonds. The zero-order valence-corrected chi connectivity index (χ0v) is 14.3. The maximum Gasteiger partial charge on any atom is 0.247 e. The van der Waals surface area contributed by atoms with Crippen LogP contribution in [-0.4, -0.2) is 52.7 Å². The van der Waals surface area contributed by atoms with Crippen molar-refractivity contribution in [1.29, 1.82) is 0 Å². The fourth-order valence-corrected chi connectivity index (χ4v) is 3.19. The minimum Gasteiger partial charge on any atom is -0.390 e. The summed E-state index contributed by atoms with van der Waals surface area (Å²) in [6.07, 6.45) is -0.816. The largest absolute Gasteiger partial charge is 0.390 e. The van der Waals surface area contributed by atoms with Crippen LogP contribution in [0.3, 0.4) is 0 Å². The van der Waals surface area contributed by atoms with Gasteiger partial charge < -0.3 is 26.6 Å². The molecule has 0 saturated carbocycles. The lowest BCUT2D eigenvalue weighted by Crippen LogP contribution is -2.51. The Hall–Kier alpha value is -2.23. The molecule has 0 saturated heterocycles. The number of thiophene rings is 1. The van der Waals surface area contributed by atoms with E-state index in [1.165, 1.54) is 17.4 Å². The molecule has 9 heteroatoms. The predicted molar refractivity (Wildman–Crippen MR) is 91.5 cm³/mol. The van der Waals surface area contributed by atoms with E-state index in [0.717, 1.165) is 4.88 Å². The second kappa shape index (κ2) is 8.75. The maximum absolute atomic E-state index is 12.1. The van der Waals surface area contributed by atoms with Crippen molar-refractivity contribution in [3.8, 4) is 0 Å². The first-order valence-electron chi connectivity index (χ1n) is 7.82. The summed E-state index contributed by atoms with van der Waals surface area (Å²) < 4.78 is 0. The van der Waals surface area contributed by atoms with E-state index in [2.05, 4.69) is 10.6 Å². The average molecular weight is 367 g/mol. The molecule has 0 aliphatic heterocycles. The van der Waals surface area contributed by atoms with Gasteiger partial charge in [0.25, 0.3) is 0 Å². The summed E-state index contributed by atoms with van der Waals surface area (Å²) in [6, 6.07) is 2.79. The van der Waals surface area contributed by atoms with E-state index in [-0.39, 0.29) is 37.3 Å². The fourth-order valence-electron chi connectivity index (χ4n) is 2.49. The number of aliphatic hydroxyl groups excluding tert-OH is 2. The first-order chi connectivity index (χ1) is 11.9. The van der Waals surface area contributed by atoms with Crippen molar-refractivity contribution in [2.75, 3.05) is 6.54 Å². The van der Waals surface area contributed by atoms with E-state index < -0.39 is 30.1 Å². The second-order valence-corrected chi connectivity index (χ2v) is 6.81. The Morgan fingerprint density at radius 1 is 1.32 bits per heavy atom. The van der Waals surface area contributed by atoms with Gasteiger partial charge in [0.15, 0.2) is 0 Å². The van der Waals surface area contributed by atoms with Crippen LogP contribution in [0.2, 0.25) is 0 Å². The highest BCUT2D eigenvalue weighted by Crippen LogP contribution is 2.20. The van der Waals surface area contributed by atoms with Crippen molar-refractivity contribution in [2.45, 2.75) is 37.5 Å². The minimum absolute atomic E-state index is 0.00514. The van der Waals surface area contributed by atoms with Crippen LogP contribution < -0.4 is 16.4 Å². The average Bonchev–Trinajstić information content (AvgIpc) is 3.03. The zero-order chi connectivity index (χ0) is 18.4. The number of aliphatic hydroxyl groups is 2. The summed E-state index contributed by atoms with van der Waals surface area (Å²) in [5.41, 5.74) is 5.24. The zero-order valence-electron chi connectivity index (χ0n) is 13.5. The molecule has 1 heterocycles. The van der Waals surface area contributed by atoms with Crippen LogP contribution in [0.1, 0.15) is 17.7 Å². The minimum atomic E-state index is -1.20. The SMILES string of the molecule is NC(=O)CCNC(=O)C1=CC(NC(=O)Cc2cccs2)C(O)C(O)C1. The molecule has 8 nitrogen and oxygen atoms in total. The van der Waals surface area contributed by atoms with Crippen molar-refractivity contribution in [3.05, 3.63) is 34.0 Å². The number of nitrogens with two attached hydrogens (primary N) is 1. The molecule has 136 valence electrons. The van der Waals surface area contributed by atoms with Gasteiger partial charge in [0.2, 0.25) is 17.7 Å². The molecule has 1 aliphatic rings. The van der Waals surface area contributed by atoms with Crippen LogP contribution >= 0.6 is 11.3 Å². The van der Waals surface area contributed by atoms with Crippen molar-refractivity contribution in [2.24, 2.45) is 5.73 Å². The molecule has 0 fully saturated rings. The molecule has 25 heavy (non-hydrogen) atoms. The number of amides is 3. The third-order valence-corrected chi connectivity index (χ3v) is 4.64. The number of hydrogen-bond acceptors (Lipinski definition) is 6. The molecule has 0 bridgehead atoms. The van der Waals surface area contributed by atoms with Crippen LogP contribution in [-0.2, 0) is 20.8 Å². The molecular formula is C16H21N3O5S. The number of rotatable bonds is 7. The molecule has 1 aromatic heterocycles. The highest BCUT2D eigenvalue weighted by molar-refractivity contribution is 7.10. The smallest absolute Gasteiger partial charge is 0.247 e. The standard InChI is InChI=1S/C16H21N3O5S/c17-13(21)3-4-18-16(24)9-6-11(15(23)12(20)7-9)19-14(22)8-10-2-1-5-25-10/h1-2,5-6,11-12,15,20,23H,3-4,7-8H2,(H2,17,21)(H,18,24)(H,19,22). The third kappa shape index (κ3) is 5.66. The van der Waals surface area contributed by atoms with Crippen LogP contribution in [0.15, 0.2) is 29.2 Å². The second-order valence-electron chi connectivity index (χ2n) is 5.78. The molecule has 1 aromatic rings. The van der Waals surface area contributed by atoms with Gasteiger partial charge in [-0.2, -0.15) is 0 Å². The Morgan fingerprint density at radius 2 is 2.08 bits per heavy atom. The third-order valence-electron chi connectivity index (χ3n) is 3.76. The molecular weight excluding hydrogens is 346 g/mol. The van der Waals surface area contributed by atoms with Crippen LogP contribution in [0.25, 0.3) is 0 Å². The molecule has 1 aliphatic carbocycles. The molecule has 6 N–H and O–H groups in total. The van der Waals surface area contributed by atoms with E-state index in [0.29, 0.717) is 0 Å². The summed E-state index contributed by atoms with van der Waals surface area (Å²) in [7, 11) is 0. The normalized spacial score (nSPS) is 22.8. The highest BCUT2D eigenvalue weighted by atomic mass is 32.1. The first-order valence-corrected chi connectivity index (χ1v) is 8.70. The van der Waals surface area contributed by atoms with Crippen LogP contribution in [0.4, 0.5) is 0 Å². The lowest BCUT2D eigenvalue weighted by atomic mass is 9.90. The molecule has 0 spiro atoms. The van der Waals surface area contributed by atoms with Gasteiger partial charge in [0.05, 0.1) is 18.6 Å². The first kappa shape index (κ1) is 19.1. The van der Waals surface area contributed by atoms with Gasteiger partial charge in [0.1, 0.15) is 6.10 Å². The lowest BCUT2D eigenvalue weighted by molar-refractivity contribution is -0.123. The Bertz CT molecular complexity index is 659. The monoisotopic (exact) mass is 367 g/mol. The fraction of sp³-hybridized carbons (Fsp3) is 0.438. The quantitative estimate of drug-likeness (QED) is 0.412. The summed E-state index contributed by atoms with van der Waals surface area (Å²) in [5.74, 6) is -1.32. The van der Waals surface area contributed by atoms with Gasteiger partial charge in [0, 0.05) is 29.8 Å². The number of hydrogen-bond donors (Lipinski definition) is 5. The maximum atomic E-state index is 12.1. The van der Waals surface area contributed by atoms with E-state index in [1.807, 2.05) is 17.5 Å². The van der Waals surface area contributed by atoms with E-state index in [1.54, 1.807) is 0 Å². The summed E-state index contributed by atoms with van der Waals surface area (Å²) in [6.45, 7) is 0.0829. The summed E-state index contributed by atoms with van der Waals surface area (Å²) in [4.78, 5) is 35.7. The van der Waals surface area contributed by atoms with Crippen LogP contribution in [0.5, 0.6) is 0 Å². The number of primary amides is 1. The topological polar surface area (TPSA) is 142 Å². The van der Waals surface area contributed by atoms with Gasteiger partial charge in [-0.3, -0.25) is 14.4 Å². The molecule has 3 atom stereocenters. The molecule has 3 unspecified atom stereocenters. The number of nitrogens with one attached hydrogen (secondary N) is 2. The Kier molecular flexibility index (Phi) is 6.68. The van der Waals surface area contributed by atoms with Gasteiger partial charge in [-0.05, 0) is 11.4 Å². The molecule has 0 aromatic carbocycles. The van der Waals surface area contributed by atoms with Crippen molar-refractivity contribution >= 4 is 29.1 Å². The number of carbonyl (C=O) groups is 3. The molecule has 0 radical (unpaired) electrons. The lowest BCUT2D eigenvalue weighted by Gasteiger charge is -2.31. The van der Waals surface area contributed by atoms with Crippen molar-refractivity contribution in [1.82, 2.24) is 10.6 Å². The Balaban J connectivity index is 1.98. The predicted octanol–water partition coefficient (Wildman–Crippen LogP) is -1.18. The number of carbonyl (C=O) groups excluding carboxylic acids is 3. The van der Waals surface area contributed by atoms with Crippen molar-refractivity contribution in [3.63, 3.8) is 0 Å². The Labute approximate surface area is 148 Å². The van der Waals surface area contributed by atoms with Gasteiger partial charge in [-0.15, -0.1) is 11.3 Å². The van der Waals surface area contributed by atoms with Gasteiger partial charge in [-0.25, -0.2) is 0 Å². The van der Waals surface area contributed by atoms with E-state index >= 15 is 0 Å². The highest BCUT2D eigenvalue weighted by Gasteiger charge is 2.33. The summed E-state index contributed by atoms with van der Waals surface area (Å²) >= 11 is 1.44. The van der Waals surface area contributed by atoms with Crippen molar-refractivity contribution < 1.29 is 24.6 Å². The molecule has 2 rings (SSSR count). The van der Waals surface area contributed by atoms with E-state index in [9.17, 15) is 24.6 Å². The van der Waals surface area contributed by atoms with Gasteiger partial charge in [-0.1, -0.05) is 12.1 Å². The summed E-state index contributed by atoms with van der Waals surface area (Å²) in [5, 5.41) is 27.0. The Morgan fingerprint density at radius 3 is 2.72 bits per heavy atom. The van der Waals surface area contributed by atoms with Crippen LogP contribution in [0, 0.1) is 0 Å². The van der Waals surface area contributed by atoms with Gasteiger partial charge >= 0.3 is 0 Å². The van der Waals surface area contributed by atoms with E-state index in [4.69, 9.17) is 5.73 Å².